The van der Waals surface area contributed by atoms with Gasteiger partial charge >= 0.3 is 6.03 Å². The number of hydrogen-bond acceptors (Lipinski definition) is 3. The van der Waals surface area contributed by atoms with E-state index in [2.05, 4.69) is 15.6 Å². The van der Waals surface area contributed by atoms with Gasteiger partial charge in [0.1, 0.15) is 6.04 Å². The first kappa shape index (κ1) is 17.0. The highest BCUT2D eigenvalue weighted by atomic mass is 16.2. The summed E-state index contributed by atoms with van der Waals surface area (Å²) in [6.07, 6.45) is 5.69. The van der Waals surface area contributed by atoms with Crippen LogP contribution >= 0.6 is 0 Å². The van der Waals surface area contributed by atoms with Crippen molar-refractivity contribution in [2.45, 2.75) is 25.3 Å². The Hall–Kier alpha value is -2.89. The van der Waals surface area contributed by atoms with Crippen LogP contribution in [0.1, 0.15) is 18.4 Å². The van der Waals surface area contributed by atoms with E-state index in [0.29, 0.717) is 12.1 Å². The Kier molecular flexibility index (Phi) is 5.61. The average molecular weight is 338 g/mol. The maximum Gasteiger partial charge on any atom is 0.318 e. The van der Waals surface area contributed by atoms with E-state index >= 15 is 0 Å². The van der Waals surface area contributed by atoms with E-state index in [1.807, 2.05) is 30.3 Å². The number of anilines is 1. The van der Waals surface area contributed by atoms with Crippen molar-refractivity contribution in [3.8, 4) is 0 Å². The van der Waals surface area contributed by atoms with E-state index < -0.39 is 6.04 Å². The summed E-state index contributed by atoms with van der Waals surface area (Å²) in [5, 5.41) is 5.71. The van der Waals surface area contributed by atoms with E-state index in [0.717, 1.165) is 31.5 Å². The fourth-order valence-corrected chi connectivity index (χ4v) is 2.89. The molecule has 25 heavy (non-hydrogen) atoms. The molecule has 0 spiro atoms. The minimum atomic E-state index is -0.643. The van der Waals surface area contributed by atoms with E-state index in [4.69, 9.17) is 0 Å². The van der Waals surface area contributed by atoms with Crippen molar-refractivity contribution in [1.29, 1.82) is 0 Å². The van der Waals surface area contributed by atoms with Crippen molar-refractivity contribution in [1.82, 2.24) is 15.2 Å². The maximum absolute atomic E-state index is 12.7. The number of carbonyl (C=O) groups is 2. The summed E-state index contributed by atoms with van der Waals surface area (Å²) in [7, 11) is 0. The molecule has 130 valence electrons. The van der Waals surface area contributed by atoms with Crippen LogP contribution in [0.2, 0.25) is 0 Å². The van der Waals surface area contributed by atoms with Gasteiger partial charge in [0.2, 0.25) is 5.91 Å². The van der Waals surface area contributed by atoms with Crippen molar-refractivity contribution in [2.75, 3.05) is 18.4 Å². The van der Waals surface area contributed by atoms with Gasteiger partial charge in [0.25, 0.3) is 0 Å². The molecule has 0 saturated carbocycles. The van der Waals surface area contributed by atoms with Crippen LogP contribution in [-0.4, -0.2) is 41.0 Å². The molecule has 0 bridgehead atoms. The lowest BCUT2D eigenvalue weighted by molar-refractivity contribution is -0.118. The third-order valence-electron chi connectivity index (χ3n) is 4.22. The Morgan fingerprint density at radius 3 is 2.52 bits per heavy atom. The molecule has 6 heteroatoms. The first-order chi connectivity index (χ1) is 12.2. The number of aromatic nitrogens is 1. The number of amides is 3. The highest BCUT2D eigenvalue weighted by Gasteiger charge is 2.25. The van der Waals surface area contributed by atoms with Crippen LogP contribution in [0.25, 0.3) is 0 Å². The molecule has 6 nitrogen and oxygen atoms in total. The molecule has 1 fully saturated rings. The minimum Gasteiger partial charge on any atom is -0.326 e. The lowest BCUT2D eigenvalue weighted by Crippen LogP contribution is -2.49. The van der Waals surface area contributed by atoms with Crippen molar-refractivity contribution in [3.05, 3.63) is 60.4 Å². The second-order valence-electron chi connectivity index (χ2n) is 6.12. The molecule has 3 rings (SSSR count). The van der Waals surface area contributed by atoms with Crippen molar-refractivity contribution in [3.63, 3.8) is 0 Å². The van der Waals surface area contributed by atoms with Crippen LogP contribution in [0.15, 0.2) is 54.9 Å². The van der Waals surface area contributed by atoms with Crippen LogP contribution < -0.4 is 10.6 Å². The number of rotatable bonds is 5. The lowest BCUT2D eigenvalue weighted by atomic mass is 10.1. The molecule has 1 aromatic heterocycles. The molecule has 2 aromatic rings. The molecule has 2 heterocycles. The quantitative estimate of drug-likeness (QED) is 0.879. The molecule has 1 aromatic carbocycles. The standard InChI is InChI=1S/C19H22N4O2/c24-18(21-16-9-6-10-20-14-16)17(13-15-7-2-1-3-8-15)22-19(25)23-11-4-5-12-23/h1-3,6-10,14,17H,4-5,11-13H2,(H,21,24)(H,22,25)/t17-/m0/s1. The zero-order chi connectivity index (χ0) is 17.5. The number of pyridine rings is 1. The third kappa shape index (κ3) is 4.79. The molecule has 0 radical (unpaired) electrons. The van der Waals surface area contributed by atoms with Gasteiger partial charge in [0.05, 0.1) is 11.9 Å². The molecule has 1 saturated heterocycles. The Morgan fingerprint density at radius 2 is 1.84 bits per heavy atom. The summed E-state index contributed by atoms with van der Waals surface area (Å²) >= 11 is 0. The lowest BCUT2D eigenvalue weighted by Gasteiger charge is -2.23. The Morgan fingerprint density at radius 1 is 1.08 bits per heavy atom. The molecule has 0 aliphatic carbocycles. The van der Waals surface area contributed by atoms with Crippen LogP contribution in [0.3, 0.4) is 0 Å². The summed E-state index contributed by atoms with van der Waals surface area (Å²) in [5.41, 5.74) is 1.61. The second-order valence-corrected chi connectivity index (χ2v) is 6.12. The number of nitrogens with one attached hydrogen (secondary N) is 2. The number of nitrogens with zero attached hydrogens (tertiary/aromatic N) is 2. The first-order valence-electron chi connectivity index (χ1n) is 8.52. The Balaban J connectivity index is 1.70. The number of hydrogen-bond donors (Lipinski definition) is 2. The fourth-order valence-electron chi connectivity index (χ4n) is 2.89. The molecular formula is C19H22N4O2. The topological polar surface area (TPSA) is 74.3 Å². The second kappa shape index (κ2) is 8.28. The van der Waals surface area contributed by atoms with Gasteiger partial charge in [0.15, 0.2) is 0 Å². The van der Waals surface area contributed by atoms with E-state index in [9.17, 15) is 9.59 Å². The van der Waals surface area contributed by atoms with E-state index in [1.165, 1.54) is 0 Å². The zero-order valence-corrected chi connectivity index (χ0v) is 14.0. The van der Waals surface area contributed by atoms with Gasteiger partial charge in [-0.25, -0.2) is 4.79 Å². The SMILES string of the molecule is O=C(Nc1cccnc1)[C@H](Cc1ccccc1)NC(=O)N1CCCC1. The highest BCUT2D eigenvalue weighted by Crippen LogP contribution is 2.11. The smallest absolute Gasteiger partial charge is 0.318 e. The fraction of sp³-hybridized carbons (Fsp3) is 0.316. The Labute approximate surface area is 147 Å². The largest absolute Gasteiger partial charge is 0.326 e. The van der Waals surface area contributed by atoms with Gasteiger partial charge in [-0.15, -0.1) is 0 Å². The van der Waals surface area contributed by atoms with Gasteiger partial charge in [-0.3, -0.25) is 9.78 Å². The maximum atomic E-state index is 12.7. The van der Waals surface area contributed by atoms with Crippen molar-refractivity contribution >= 4 is 17.6 Å². The summed E-state index contributed by atoms with van der Waals surface area (Å²) < 4.78 is 0. The van der Waals surface area contributed by atoms with Crippen LogP contribution in [0.5, 0.6) is 0 Å². The summed E-state index contributed by atoms with van der Waals surface area (Å²) in [5.74, 6) is -0.246. The molecule has 3 amide bonds. The zero-order valence-electron chi connectivity index (χ0n) is 14.0. The van der Waals surface area contributed by atoms with Gasteiger partial charge in [-0.1, -0.05) is 30.3 Å². The van der Waals surface area contributed by atoms with Crippen molar-refractivity contribution < 1.29 is 9.59 Å². The molecule has 1 aliphatic heterocycles. The van der Waals surface area contributed by atoms with Crippen LogP contribution in [0, 0.1) is 0 Å². The Bertz CT molecular complexity index is 700. The van der Waals surface area contributed by atoms with E-state index in [1.54, 1.807) is 29.4 Å². The molecule has 1 aliphatic rings. The van der Waals surface area contributed by atoms with Gasteiger partial charge < -0.3 is 15.5 Å². The van der Waals surface area contributed by atoms with Crippen LogP contribution in [0.4, 0.5) is 10.5 Å². The number of likely N-dealkylation sites (tertiary alicyclic amines) is 1. The number of benzene rings is 1. The molecule has 0 unspecified atom stereocenters. The summed E-state index contributed by atoms with van der Waals surface area (Å²) in [6, 6.07) is 12.4. The molecule has 1 atom stereocenters. The molecular weight excluding hydrogens is 316 g/mol. The van der Waals surface area contributed by atoms with E-state index in [-0.39, 0.29) is 11.9 Å². The van der Waals surface area contributed by atoms with Gasteiger partial charge in [-0.2, -0.15) is 0 Å². The summed E-state index contributed by atoms with van der Waals surface area (Å²) in [4.78, 5) is 30.9. The van der Waals surface area contributed by atoms with Crippen LogP contribution in [-0.2, 0) is 11.2 Å². The predicted octanol–water partition coefficient (Wildman–Crippen LogP) is 2.44. The number of urea groups is 1. The number of carbonyl (C=O) groups excluding carboxylic acids is 2. The summed E-state index contributed by atoms with van der Waals surface area (Å²) in [6.45, 7) is 1.49. The highest BCUT2D eigenvalue weighted by molar-refractivity contribution is 5.97. The normalized spacial score (nSPS) is 14.8. The first-order valence-corrected chi connectivity index (χ1v) is 8.52. The molecule has 2 N–H and O–H groups in total. The predicted molar refractivity (Wildman–Crippen MR) is 96.1 cm³/mol. The monoisotopic (exact) mass is 338 g/mol. The van der Waals surface area contributed by atoms with Gasteiger partial charge in [0, 0.05) is 25.7 Å². The third-order valence-corrected chi connectivity index (χ3v) is 4.22. The van der Waals surface area contributed by atoms with Gasteiger partial charge in [-0.05, 0) is 30.5 Å². The average Bonchev–Trinajstić information content (AvgIpc) is 3.18. The minimum absolute atomic E-state index is 0.181. The van der Waals surface area contributed by atoms with Crippen molar-refractivity contribution in [2.24, 2.45) is 0 Å².